The van der Waals surface area contributed by atoms with Crippen LogP contribution in [-0.2, 0) is 9.53 Å². The van der Waals surface area contributed by atoms with Crippen LogP contribution in [-0.4, -0.2) is 28.3 Å². The van der Waals surface area contributed by atoms with Gasteiger partial charge in [-0.15, -0.1) is 0 Å². The van der Waals surface area contributed by atoms with Crippen LogP contribution in [0.1, 0.15) is 59.3 Å². The van der Waals surface area contributed by atoms with Gasteiger partial charge < -0.3 is 15.2 Å². The fourth-order valence-electron chi connectivity index (χ4n) is 2.14. The zero-order chi connectivity index (χ0) is 13.8. The van der Waals surface area contributed by atoms with E-state index >= 15 is 0 Å². The molecular weight excluding hydrogens is 234 g/mol. The van der Waals surface area contributed by atoms with Gasteiger partial charge in [-0.05, 0) is 52.9 Å². The first-order valence-corrected chi connectivity index (χ1v) is 6.45. The summed E-state index contributed by atoms with van der Waals surface area (Å²) in [5.74, 6) is -0.790. The molecule has 2 N–H and O–H groups in total. The Morgan fingerprint density at radius 3 is 2.33 bits per heavy atom. The standard InChI is InChI=1S/C13H23NO4/c1-12(2,3)18-11(17)14-13(8-5-9-13)7-4-6-10(15)16/h4-9H2,1-3H3,(H,14,17)(H,15,16). The van der Waals surface area contributed by atoms with Crippen LogP contribution in [0.5, 0.6) is 0 Å². The minimum absolute atomic E-state index is 0.151. The topological polar surface area (TPSA) is 75.6 Å². The number of rotatable bonds is 5. The highest BCUT2D eigenvalue weighted by Gasteiger charge is 2.38. The molecule has 0 aromatic heterocycles. The lowest BCUT2D eigenvalue weighted by atomic mass is 9.73. The van der Waals surface area contributed by atoms with Crippen molar-refractivity contribution in [2.45, 2.75) is 70.4 Å². The predicted octanol–water partition coefficient (Wildman–Crippen LogP) is 2.69. The normalized spacial score (nSPS) is 17.7. The Balaban J connectivity index is 2.40. The number of hydrogen-bond acceptors (Lipinski definition) is 3. The van der Waals surface area contributed by atoms with Crippen LogP contribution in [0.15, 0.2) is 0 Å². The van der Waals surface area contributed by atoms with Crippen molar-refractivity contribution in [2.75, 3.05) is 0 Å². The van der Waals surface area contributed by atoms with Crippen molar-refractivity contribution in [3.63, 3.8) is 0 Å². The fourth-order valence-corrected chi connectivity index (χ4v) is 2.14. The minimum atomic E-state index is -0.790. The van der Waals surface area contributed by atoms with E-state index in [0.717, 1.165) is 19.3 Å². The molecule has 0 saturated heterocycles. The number of alkyl carbamates (subject to hydrolysis) is 1. The zero-order valence-electron chi connectivity index (χ0n) is 11.4. The van der Waals surface area contributed by atoms with Crippen molar-refractivity contribution in [3.05, 3.63) is 0 Å². The lowest BCUT2D eigenvalue weighted by molar-refractivity contribution is -0.137. The molecule has 0 bridgehead atoms. The largest absolute Gasteiger partial charge is 0.481 e. The van der Waals surface area contributed by atoms with E-state index in [2.05, 4.69) is 5.32 Å². The van der Waals surface area contributed by atoms with E-state index in [0.29, 0.717) is 12.8 Å². The number of ether oxygens (including phenoxy) is 1. The summed E-state index contributed by atoms with van der Waals surface area (Å²) in [5.41, 5.74) is -0.742. The van der Waals surface area contributed by atoms with Gasteiger partial charge in [0.15, 0.2) is 0 Å². The first-order valence-electron chi connectivity index (χ1n) is 6.45. The van der Waals surface area contributed by atoms with Crippen molar-refractivity contribution < 1.29 is 19.4 Å². The number of hydrogen-bond donors (Lipinski definition) is 2. The average Bonchev–Trinajstić information content (AvgIpc) is 2.09. The second-order valence-electron chi connectivity index (χ2n) is 6.01. The Morgan fingerprint density at radius 2 is 1.94 bits per heavy atom. The maximum absolute atomic E-state index is 11.7. The molecule has 5 nitrogen and oxygen atoms in total. The van der Waals surface area contributed by atoms with E-state index in [4.69, 9.17) is 9.84 Å². The number of amides is 1. The van der Waals surface area contributed by atoms with Crippen LogP contribution < -0.4 is 5.32 Å². The van der Waals surface area contributed by atoms with Crippen LogP contribution in [0.4, 0.5) is 4.79 Å². The average molecular weight is 257 g/mol. The Labute approximate surface area is 108 Å². The number of aliphatic carboxylic acids is 1. The second-order valence-corrected chi connectivity index (χ2v) is 6.01. The Morgan fingerprint density at radius 1 is 1.33 bits per heavy atom. The molecule has 1 aliphatic rings. The summed E-state index contributed by atoms with van der Waals surface area (Å²) < 4.78 is 5.23. The van der Waals surface area contributed by atoms with Gasteiger partial charge in [-0.25, -0.2) is 4.79 Å². The van der Waals surface area contributed by atoms with E-state index in [9.17, 15) is 9.59 Å². The van der Waals surface area contributed by atoms with E-state index in [-0.39, 0.29) is 12.0 Å². The molecule has 1 aliphatic carbocycles. The van der Waals surface area contributed by atoms with Gasteiger partial charge in [-0.3, -0.25) is 4.79 Å². The molecule has 1 amide bonds. The number of carboxylic acids is 1. The lowest BCUT2D eigenvalue weighted by Crippen LogP contribution is -2.54. The molecule has 104 valence electrons. The highest BCUT2D eigenvalue weighted by Crippen LogP contribution is 2.36. The molecule has 0 spiro atoms. The molecule has 0 aliphatic heterocycles. The molecule has 0 radical (unpaired) electrons. The molecule has 1 fully saturated rings. The predicted molar refractivity (Wildman–Crippen MR) is 67.4 cm³/mol. The number of carboxylic acid groups (broad SMARTS) is 1. The molecule has 0 heterocycles. The highest BCUT2D eigenvalue weighted by molar-refractivity contribution is 5.69. The number of carbonyl (C=O) groups excluding carboxylic acids is 1. The van der Waals surface area contributed by atoms with Crippen molar-refractivity contribution >= 4 is 12.1 Å². The third-order valence-corrected chi connectivity index (χ3v) is 3.12. The van der Waals surface area contributed by atoms with Crippen molar-refractivity contribution in [1.29, 1.82) is 0 Å². The van der Waals surface area contributed by atoms with E-state index < -0.39 is 17.7 Å². The Bertz CT molecular complexity index is 315. The van der Waals surface area contributed by atoms with E-state index in [1.54, 1.807) is 0 Å². The van der Waals surface area contributed by atoms with Crippen LogP contribution in [0.2, 0.25) is 0 Å². The molecule has 18 heavy (non-hydrogen) atoms. The zero-order valence-corrected chi connectivity index (χ0v) is 11.4. The SMILES string of the molecule is CC(C)(C)OC(=O)NC1(CCCC(=O)O)CCC1. The smallest absolute Gasteiger partial charge is 0.408 e. The van der Waals surface area contributed by atoms with Crippen LogP contribution in [0.25, 0.3) is 0 Å². The lowest BCUT2D eigenvalue weighted by Gasteiger charge is -2.42. The first kappa shape index (κ1) is 14.8. The summed E-state index contributed by atoms with van der Waals surface area (Å²) >= 11 is 0. The Kier molecular flexibility index (Phi) is 4.59. The summed E-state index contributed by atoms with van der Waals surface area (Å²) in [7, 11) is 0. The fraction of sp³-hybridized carbons (Fsp3) is 0.846. The number of nitrogens with one attached hydrogen (secondary N) is 1. The van der Waals surface area contributed by atoms with Crippen molar-refractivity contribution in [3.8, 4) is 0 Å². The Hall–Kier alpha value is -1.26. The highest BCUT2D eigenvalue weighted by atomic mass is 16.6. The van der Waals surface area contributed by atoms with Gasteiger partial charge in [0.1, 0.15) is 5.60 Å². The van der Waals surface area contributed by atoms with Crippen molar-refractivity contribution in [1.82, 2.24) is 5.32 Å². The van der Waals surface area contributed by atoms with E-state index in [1.165, 1.54) is 0 Å². The maximum atomic E-state index is 11.7. The van der Waals surface area contributed by atoms with Gasteiger partial charge in [0.25, 0.3) is 0 Å². The third-order valence-electron chi connectivity index (χ3n) is 3.12. The van der Waals surface area contributed by atoms with Gasteiger partial charge in [0.05, 0.1) is 0 Å². The van der Waals surface area contributed by atoms with Gasteiger partial charge in [-0.1, -0.05) is 0 Å². The molecule has 0 aromatic carbocycles. The maximum Gasteiger partial charge on any atom is 0.408 e. The van der Waals surface area contributed by atoms with Gasteiger partial charge in [-0.2, -0.15) is 0 Å². The summed E-state index contributed by atoms with van der Waals surface area (Å²) in [6, 6.07) is 0. The third kappa shape index (κ3) is 4.94. The van der Waals surface area contributed by atoms with Crippen LogP contribution in [0, 0.1) is 0 Å². The molecular formula is C13H23NO4. The minimum Gasteiger partial charge on any atom is -0.481 e. The molecule has 1 rings (SSSR count). The molecule has 0 aromatic rings. The van der Waals surface area contributed by atoms with Gasteiger partial charge in [0.2, 0.25) is 0 Å². The number of carbonyl (C=O) groups is 2. The van der Waals surface area contributed by atoms with Crippen LogP contribution >= 0.6 is 0 Å². The summed E-state index contributed by atoms with van der Waals surface area (Å²) in [5, 5.41) is 11.5. The molecule has 5 heteroatoms. The quantitative estimate of drug-likeness (QED) is 0.794. The summed E-state index contributed by atoms with van der Waals surface area (Å²) in [6.07, 6.45) is 3.93. The van der Waals surface area contributed by atoms with E-state index in [1.807, 2.05) is 20.8 Å². The van der Waals surface area contributed by atoms with Crippen molar-refractivity contribution in [2.24, 2.45) is 0 Å². The summed E-state index contributed by atoms with van der Waals surface area (Å²) in [6.45, 7) is 5.47. The van der Waals surface area contributed by atoms with Gasteiger partial charge >= 0.3 is 12.1 Å². The summed E-state index contributed by atoms with van der Waals surface area (Å²) in [4.78, 5) is 22.2. The van der Waals surface area contributed by atoms with Gasteiger partial charge in [0, 0.05) is 12.0 Å². The monoisotopic (exact) mass is 257 g/mol. The second kappa shape index (κ2) is 5.59. The molecule has 0 atom stereocenters. The molecule has 1 saturated carbocycles. The molecule has 0 unspecified atom stereocenters. The van der Waals surface area contributed by atoms with Crippen LogP contribution in [0.3, 0.4) is 0 Å². The first-order chi connectivity index (χ1) is 8.22.